The number of nitro benzene ring substituents is 1. The summed E-state index contributed by atoms with van der Waals surface area (Å²) < 4.78 is 5.41. The molecule has 3 N–H and O–H groups in total. The number of hydrogen-bond acceptors (Lipinski definition) is 4. The van der Waals surface area contributed by atoms with Crippen molar-refractivity contribution in [3.8, 4) is 5.75 Å². The Kier molecular flexibility index (Phi) is 6.97. The smallest absolute Gasteiger partial charge is 0.271 e. The van der Waals surface area contributed by atoms with Crippen LogP contribution in [0.25, 0.3) is 0 Å². The van der Waals surface area contributed by atoms with Crippen molar-refractivity contribution in [2.24, 2.45) is 0 Å². The number of anilines is 1. The Morgan fingerprint density at radius 3 is 2.54 bits per heavy atom. The molecule has 0 aliphatic heterocycles. The third-order valence-electron chi connectivity index (χ3n) is 2.93. The van der Waals surface area contributed by atoms with E-state index in [-0.39, 0.29) is 28.5 Å². The maximum atomic E-state index is 11.9. The number of nitro groups is 1. The number of ether oxygens (including phenoxy) is 1. The van der Waals surface area contributed by atoms with E-state index in [2.05, 4.69) is 5.32 Å². The van der Waals surface area contributed by atoms with Gasteiger partial charge in [0, 0.05) is 17.2 Å². The predicted molar refractivity (Wildman–Crippen MR) is 92.0 cm³/mol. The maximum Gasteiger partial charge on any atom is 0.271 e. The van der Waals surface area contributed by atoms with Crippen LogP contribution in [0, 0.1) is 17.0 Å². The largest absolute Gasteiger partial charge is 0.483 e. The summed E-state index contributed by atoms with van der Waals surface area (Å²) in [5, 5.41) is 13.8. The fourth-order valence-electron chi connectivity index (χ4n) is 1.82. The summed E-state index contributed by atoms with van der Waals surface area (Å²) in [7, 11) is 0. The molecule has 7 nitrogen and oxygen atoms in total. The summed E-state index contributed by atoms with van der Waals surface area (Å²) in [6, 6.07) is 8.85. The van der Waals surface area contributed by atoms with Crippen LogP contribution in [0.5, 0.6) is 5.75 Å². The van der Waals surface area contributed by atoms with Crippen molar-refractivity contribution in [2.75, 3.05) is 11.9 Å². The van der Waals surface area contributed by atoms with Gasteiger partial charge >= 0.3 is 0 Å². The zero-order valence-corrected chi connectivity index (χ0v) is 14.0. The van der Waals surface area contributed by atoms with Gasteiger partial charge in [-0.3, -0.25) is 14.9 Å². The van der Waals surface area contributed by atoms with Crippen LogP contribution in [0.15, 0.2) is 36.4 Å². The second-order valence-electron chi connectivity index (χ2n) is 4.67. The monoisotopic (exact) mass is 372 g/mol. The van der Waals surface area contributed by atoms with E-state index in [1.807, 2.05) is 6.92 Å². The molecule has 0 unspecified atom stereocenters. The lowest BCUT2D eigenvalue weighted by Gasteiger charge is -2.10. The van der Waals surface area contributed by atoms with Crippen molar-refractivity contribution in [3.63, 3.8) is 0 Å². The summed E-state index contributed by atoms with van der Waals surface area (Å²) in [5.41, 5.74) is 0.929. The van der Waals surface area contributed by atoms with E-state index in [0.717, 1.165) is 5.56 Å². The summed E-state index contributed by atoms with van der Waals surface area (Å²) >= 11 is 11.7. The molecule has 2 rings (SSSR count). The van der Waals surface area contributed by atoms with E-state index < -0.39 is 10.8 Å². The fourth-order valence-corrected chi connectivity index (χ4v) is 2.27. The molecule has 0 aromatic heterocycles. The van der Waals surface area contributed by atoms with E-state index in [1.54, 1.807) is 18.2 Å². The minimum Gasteiger partial charge on any atom is -0.483 e. The standard InChI is InChI=1S/C15H12Cl2N2O4.H2O/c1-9-6-10(16)2-5-14(9)23-8-15(20)18-13-4-3-11(19(21)22)7-12(13)17;/h2-7H,8H2,1H3,(H,18,20);1H2. The van der Waals surface area contributed by atoms with Crippen molar-refractivity contribution in [2.45, 2.75) is 6.92 Å². The number of aryl methyl sites for hydroxylation is 1. The number of amides is 1. The van der Waals surface area contributed by atoms with Gasteiger partial charge in [-0.2, -0.15) is 0 Å². The van der Waals surface area contributed by atoms with Gasteiger partial charge in [0.05, 0.1) is 15.6 Å². The van der Waals surface area contributed by atoms with E-state index in [4.69, 9.17) is 27.9 Å². The van der Waals surface area contributed by atoms with Crippen LogP contribution in [-0.4, -0.2) is 22.9 Å². The number of non-ortho nitro benzene ring substituents is 1. The average Bonchev–Trinajstić information content (AvgIpc) is 2.48. The Balaban J connectivity index is 0.00000288. The highest BCUT2D eigenvalue weighted by molar-refractivity contribution is 6.34. The Hall–Kier alpha value is -2.35. The second kappa shape index (κ2) is 8.49. The van der Waals surface area contributed by atoms with Crippen LogP contribution in [-0.2, 0) is 4.79 Å². The Bertz CT molecular complexity index is 768. The van der Waals surface area contributed by atoms with Crippen LogP contribution in [0.1, 0.15) is 5.56 Å². The summed E-state index contributed by atoms with van der Waals surface area (Å²) in [6.45, 7) is 1.59. The molecule has 0 saturated carbocycles. The van der Waals surface area contributed by atoms with Crippen LogP contribution in [0.4, 0.5) is 11.4 Å². The molecule has 1 amide bonds. The molecule has 2 aromatic carbocycles. The SMILES string of the molecule is Cc1cc(Cl)ccc1OCC(=O)Nc1ccc([N+](=O)[O-])cc1Cl.O. The van der Waals surface area contributed by atoms with Crippen LogP contribution < -0.4 is 10.1 Å². The molecule has 0 aliphatic carbocycles. The summed E-state index contributed by atoms with van der Waals surface area (Å²) in [5.74, 6) is 0.106. The summed E-state index contributed by atoms with van der Waals surface area (Å²) in [4.78, 5) is 21.9. The normalized spacial score (nSPS) is 9.79. The van der Waals surface area contributed by atoms with Crippen LogP contribution >= 0.6 is 23.2 Å². The third-order valence-corrected chi connectivity index (χ3v) is 3.48. The van der Waals surface area contributed by atoms with E-state index >= 15 is 0 Å². The Labute approximate surface area is 147 Å². The van der Waals surface area contributed by atoms with E-state index in [9.17, 15) is 14.9 Å². The molecule has 2 aromatic rings. The van der Waals surface area contributed by atoms with Crippen molar-refractivity contribution >= 4 is 40.5 Å². The minimum absolute atomic E-state index is 0. The average molecular weight is 373 g/mol. The maximum absolute atomic E-state index is 11.9. The van der Waals surface area contributed by atoms with Gasteiger partial charge in [-0.05, 0) is 36.8 Å². The van der Waals surface area contributed by atoms with E-state index in [0.29, 0.717) is 10.8 Å². The molecule has 0 saturated heterocycles. The Morgan fingerprint density at radius 2 is 1.96 bits per heavy atom. The molecular formula is C15H14Cl2N2O5. The van der Waals surface area contributed by atoms with Gasteiger partial charge in [0.25, 0.3) is 11.6 Å². The number of carbonyl (C=O) groups is 1. The molecule has 0 atom stereocenters. The molecule has 0 bridgehead atoms. The van der Waals surface area contributed by atoms with Crippen LogP contribution in [0.3, 0.4) is 0 Å². The van der Waals surface area contributed by atoms with Crippen LogP contribution in [0.2, 0.25) is 10.0 Å². The molecule has 0 heterocycles. The lowest BCUT2D eigenvalue weighted by Crippen LogP contribution is -2.20. The number of halogens is 2. The van der Waals surface area contributed by atoms with Gasteiger partial charge in [0.15, 0.2) is 6.61 Å². The molecule has 0 spiro atoms. The van der Waals surface area contributed by atoms with Crippen molar-refractivity contribution in [3.05, 3.63) is 62.1 Å². The predicted octanol–water partition coefficient (Wildman–Crippen LogP) is 3.40. The van der Waals surface area contributed by atoms with Gasteiger partial charge in [-0.15, -0.1) is 0 Å². The zero-order valence-electron chi connectivity index (χ0n) is 12.5. The number of carbonyl (C=O) groups excluding carboxylic acids is 1. The highest BCUT2D eigenvalue weighted by Gasteiger charge is 2.12. The number of benzene rings is 2. The topological polar surface area (TPSA) is 113 Å². The molecule has 24 heavy (non-hydrogen) atoms. The number of nitrogens with zero attached hydrogens (tertiary/aromatic N) is 1. The quantitative estimate of drug-likeness (QED) is 0.639. The third kappa shape index (κ3) is 5.09. The first-order chi connectivity index (χ1) is 10.9. The van der Waals surface area contributed by atoms with Gasteiger partial charge in [-0.1, -0.05) is 23.2 Å². The molecule has 0 fully saturated rings. The fraction of sp³-hybridized carbons (Fsp3) is 0.133. The highest BCUT2D eigenvalue weighted by atomic mass is 35.5. The first kappa shape index (κ1) is 19.7. The lowest BCUT2D eigenvalue weighted by atomic mass is 10.2. The number of nitrogens with one attached hydrogen (secondary N) is 1. The van der Waals surface area contributed by atoms with Gasteiger partial charge < -0.3 is 15.5 Å². The van der Waals surface area contributed by atoms with Crippen molar-refractivity contribution in [1.82, 2.24) is 0 Å². The molecular weight excluding hydrogens is 359 g/mol. The zero-order chi connectivity index (χ0) is 17.0. The van der Waals surface area contributed by atoms with Gasteiger partial charge in [-0.25, -0.2) is 0 Å². The Morgan fingerprint density at radius 1 is 1.25 bits per heavy atom. The number of rotatable bonds is 5. The van der Waals surface area contributed by atoms with Crippen molar-refractivity contribution in [1.29, 1.82) is 0 Å². The second-order valence-corrected chi connectivity index (χ2v) is 5.51. The summed E-state index contributed by atoms with van der Waals surface area (Å²) in [6.07, 6.45) is 0. The first-order valence-electron chi connectivity index (χ1n) is 6.49. The molecule has 128 valence electrons. The minimum atomic E-state index is -0.566. The van der Waals surface area contributed by atoms with Gasteiger partial charge in [0.1, 0.15) is 5.75 Å². The first-order valence-corrected chi connectivity index (χ1v) is 7.25. The van der Waals surface area contributed by atoms with E-state index in [1.165, 1.54) is 18.2 Å². The van der Waals surface area contributed by atoms with Gasteiger partial charge in [0.2, 0.25) is 0 Å². The molecule has 0 radical (unpaired) electrons. The number of hydrogen-bond donors (Lipinski definition) is 1. The lowest BCUT2D eigenvalue weighted by molar-refractivity contribution is -0.384. The molecule has 0 aliphatic rings. The highest BCUT2D eigenvalue weighted by Crippen LogP contribution is 2.27. The molecule has 9 heteroatoms. The van der Waals surface area contributed by atoms with Crippen molar-refractivity contribution < 1.29 is 19.9 Å².